The van der Waals surface area contributed by atoms with Crippen LogP contribution >= 0.6 is 0 Å². The molecule has 1 aliphatic rings. The van der Waals surface area contributed by atoms with Gasteiger partial charge in [0.1, 0.15) is 5.75 Å². The summed E-state index contributed by atoms with van der Waals surface area (Å²) in [5, 5.41) is 5.79. The van der Waals surface area contributed by atoms with Crippen LogP contribution in [0.1, 0.15) is 17.3 Å². The van der Waals surface area contributed by atoms with Gasteiger partial charge in [0.2, 0.25) is 5.91 Å². The van der Waals surface area contributed by atoms with Gasteiger partial charge in [0.15, 0.2) is 0 Å². The van der Waals surface area contributed by atoms with Crippen molar-refractivity contribution in [2.45, 2.75) is 6.92 Å². The Kier molecular flexibility index (Phi) is 7.78. The molecule has 7 heteroatoms. The third kappa shape index (κ3) is 6.36. The maximum Gasteiger partial charge on any atom is 0.255 e. The first-order valence-electron chi connectivity index (χ1n) is 11.6. The van der Waals surface area contributed by atoms with E-state index in [1.165, 1.54) is 5.69 Å². The van der Waals surface area contributed by atoms with Gasteiger partial charge in [0.05, 0.1) is 13.2 Å². The number of carbonyl (C=O) groups excluding carboxylic acids is 2. The molecule has 0 radical (unpaired) electrons. The highest BCUT2D eigenvalue weighted by atomic mass is 16.5. The molecular weight excluding hydrogens is 428 g/mol. The molecule has 0 atom stereocenters. The highest BCUT2D eigenvalue weighted by Crippen LogP contribution is 2.18. The number of ether oxygens (including phenoxy) is 1. The molecule has 0 spiro atoms. The molecule has 0 saturated carbocycles. The first-order valence-corrected chi connectivity index (χ1v) is 11.6. The van der Waals surface area contributed by atoms with Gasteiger partial charge in [-0.2, -0.15) is 0 Å². The standard InChI is InChI=1S/C27H30N4O3/c1-2-34-25-14-12-23(13-15-25)29-27(33)21-8-10-22(11-9-21)28-26(32)20-30-16-18-31(19-17-30)24-6-4-3-5-7-24/h3-15H,2,16-20H2,1H3,(H,28,32)(H,29,33). The zero-order valence-electron chi connectivity index (χ0n) is 19.4. The van der Waals surface area contributed by atoms with E-state index in [2.05, 4.69) is 32.6 Å². The van der Waals surface area contributed by atoms with Crippen LogP contribution in [0.4, 0.5) is 17.1 Å². The van der Waals surface area contributed by atoms with Crippen LogP contribution in [0.2, 0.25) is 0 Å². The van der Waals surface area contributed by atoms with Gasteiger partial charge in [-0.15, -0.1) is 0 Å². The van der Waals surface area contributed by atoms with Crippen LogP contribution in [0.15, 0.2) is 78.9 Å². The molecule has 0 aliphatic carbocycles. The van der Waals surface area contributed by atoms with Crippen LogP contribution in [-0.2, 0) is 4.79 Å². The average molecular weight is 459 g/mol. The fraction of sp³-hybridized carbons (Fsp3) is 0.259. The van der Waals surface area contributed by atoms with Gasteiger partial charge in [-0.3, -0.25) is 14.5 Å². The van der Waals surface area contributed by atoms with Crippen LogP contribution < -0.4 is 20.3 Å². The van der Waals surface area contributed by atoms with Gasteiger partial charge in [0, 0.05) is 48.8 Å². The van der Waals surface area contributed by atoms with Crippen molar-refractivity contribution in [2.24, 2.45) is 0 Å². The van der Waals surface area contributed by atoms with Crippen LogP contribution in [-0.4, -0.2) is 56.0 Å². The van der Waals surface area contributed by atoms with E-state index in [1.807, 2.05) is 37.3 Å². The van der Waals surface area contributed by atoms with E-state index < -0.39 is 0 Å². The van der Waals surface area contributed by atoms with Crippen molar-refractivity contribution in [3.05, 3.63) is 84.4 Å². The van der Waals surface area contributed by atoms with E-state index in [0.717, 1.165) is 31.9 Å². The number of anilines is 3. The van der Waals surface area contributed by atoms with Crippen molar-refractivity contribution in [3.8, 4) is 5.75 Å². The van der Waals surface area contributed by atoms with Crippen LogP contribution in [0.3, 0.4) is 0 Å². The van der Waals surface area contributed by atoms with Gasteiger partial charge >= 0.3 is 0 Å². The summed E-state index contributed by atoms with van der Waals surface area (Å²) < 4.78 is 5.41. The van der Waals surface area contributed by atoms with Crippen molar-refractivity contribution in [1.82, 2.24) is 4.90 Å². The molecule has 1 aliphatic heterocycles. The molecule has 1 heterocycles. The molecule has 7 nitrogen and oxygen atoms in total. The van der Waals surface area contributed by atoms with Crippen molar-refractivity contribution < 1.29 is 14.3 Å². The number of hydrogen-bond donors (Lipinski definition) is 2. The maximum atomic E-state index is 12.5. The number of rotatable bonds is 8. The number of nitrogens with one attached hydrogen (secondary N) is 2. The molecule has 0 bridgehead atoms. The zero-order valence-corrected chi connectivity index (χ0v) is 19.4. The van der Waals surface area contributed by atoms with Gasteiger partial charge in [-0.25, -0.2) is 0 Å². The van der Waals surface area contributed by atoms with Crippen LogP contribution in [0.25, 0.3) is 0 Å². The summed E-state index contributed by atoms with van der Waals surface area (Å²) in [5.41, 5.74) is 3.10. The topological polar surface area (TPSA) is 73.9 Å². The molecule has 34 heavy (non-hydrogen) atoms. The summed E-state index contributed by atoms with van der Waals surface area (Å²) in [6, 6.07) is 24.5. The largest absolute Gasteiger partial charge is 0.494 e. The monoisotopic (exact) mass is 458 g/mol. The molecule has 3 aromatic rings. The van der Waals surface area contributed by atoms with E-state index in [1.54, 1.807) is 36.4 Å². The van der Waals surface area contributed by atoms with Gasteiger partial charge < -0.3 is 20.3 Å². The highest BCUT2D eigenvalue weighted by molar-refractivity contribution is 6.04. The van der Waals surface area contributed by atoms with Crippen molar-refractivity contribution in [1.29, 1.82) is 0 Å². The first kappa shape index (κ1) is 23.3. The molecule has 4 rings (SSSR count). The summed E-state index contributed by atoms with van der Waals surface area (Å²) in [6.45, 7) is 6.35. The SMILES string of the molecule is CCOc1ccc(NC(=O)c2ccc(NC(=O)CN3CCN(c4ccccc4)CC3)cc2)cc1. The molecule has 2 amide bonds. The number of hydrogen-bond acceptors (Lipinski definition) is 5. The average Bonchev–Trinajstić information content (AvgIpc) is 2.87. The Bertz CT molecular complexity index is 1080. The maximum absolute atomic E-state index is 12.5. The lowest BCUT2D eigenvalue weighted by Crippen LogP contribution is -2.48. The van der Waals surface area contributed by atoms with E-state index in [9.17, 15) is 9.59 Å². The van der Waals surface area contributed by atoms with Crippen LogP contribution in [0.5, 0.6) is 5.75 Å². The number of amides is 2. The fourth-order valence-corrected chi connectivity index (χ4v) is 3.92. The van der Waals surface area contributed by atoms with Gasteiger partial charge in [-0.05, 0) is 67.6 Å². The summed E-state index contributed by atoms with van der Waals surface area (Å²) in [4.78, 5) is 29.5. The molecule has 0 aromatic heterocycles. The smallest absolute Gasteiger partial charge is 0.255 e. The van der Waals surface area contributed by atoms with Crippen molar-refractivity contribution >= 4 is 28.9 Å². The second kappa shape index (κ2) is 11.3. The lowest BCUT2D eigenvalue weighted by molar-refractivity contribution is -0.117. The van der Waals surface area contributed by atoms with Gasteiger partial charge in [0.25, 0.3) is 5.91 Å². The fourth-order valence-electron chi connectivity index (χ4n) is 3.92. The number of benzene rings is 3. The van der Waals surface area contributed by atoms with E-state index in [-0.39, 0.29) is 11.8 Å². The van der Waals surface area contributed by atoms with E-state index in [4.69, 9.17) is 4.74 Å². The normalized spacial score (nSPS) is 13.9. The number of piperazine rings is 1. The Balaban J connectivity index is 1.23. The Morgan fingerprint density at radius 1 is 0.794 bits per heavy atom. The predicted octanol–water partition coefficient (Wildman–Crippen LogP) is 4.10. The minimum atomic E-state index is -0.210. The molecular formula is C27H30N4O3. The molecule has 1 fully saturated rings. The zero-order chi connectivity index (χ0) is 23.8. The third-order valence-corrected chi connectivity index (χ3v) is 5.71. The quantitative estimate of drug-likeness (QED) is 0.532. The van der Waals surface area contributed by atoms with Crippen molar-refractivity contribution in [2.75, 3.05) is 54.9 Å². The van der Waals surface area contributed by atoms with E-state index in [0.29, 0.717) is 30.1 Å². The Hall–Kier alpha value is -3.84. The minimum absolute atomic E-state index is 0.0558. The second-order valence-electron chi connectivity index (χ2n) is 8.14. The summed E-state index contributed by atoms with van der Waals surface area (Å²) in [5.74, 6) is 0.497. The lowest BCUT2D eigenvalue weighted by atomic mass is 10.2. The summed E-state index contributed by atoms with van der Waals surface area (Å²) in [7, 11) is 0. The summed E-state index contributed by atoms with van der Waals surface area (Å²) >= 11 is 0. The number of carbonyl (C=O) groups is 2. The second-order valence-corrected chi connectivity index (χ2v) is 8.14. The number of para-hydroxylation sites is 1. The molecule has 176 valence electrons. The molecule has 1 saturated heterocycles. The Morgan fingerprint density at radius 2 is 1.41 bits per heavy atom. The highest BCUT2D eigenvalue weighted by Gasteiger charge is 2.19. The van der Waals surface area contributed by atoms with Crippen molar-refractivity contribution in [3.63, 3.8) is 0 Å². The molecule has 3 aromatic carbocycles. The Labute approximate surface area is 200 Å². The van der Waals surface area contributed by atoms with E-state index >= 15 is 0 Å². The molecule has 2 N–H and O–H groups in total. The minimum Gasteiger partial charge on any atom is -0.494 e. The van der Waals surface area contributed by atoms with Gasteiger partial charge in [-0.1, -0.05) is 18.2 Å². The predicted molar refractivity (Wildman–Crippen MR) is 136 cm³/mol. The van der Waals surface area contributed by atoms with Crippen LogP contribution in [0, 0.1) is 0 Å². The Morgan fingerprint density at radius 3 is 2.06 bits per heavy atom. The first-order chi connectivity index (χ1) is 16.6. The summed E-state index contributed by atoms with van der Waals surface area (Å²) in [6.07, 6.45) is 0. The number of nitrogens with zero attached hydrogens (tertiary/aromatic N) is 2. The third-order valence-electron chi connectivity index (χ3n) is 5.71. The lowest BCUT2D eigenvalue weighted by Gasteiger charge is -2.35. The molecule has 0 unspecified atom stereocenters.